The Labute approximate surface area is 214 Å². The Bertz CT molecular complexity index is 1400. The van der Waals surface area contributed by atoms with Crippen LogP contribution in [-0.4, -0.2) is 51.1 Å². The Hall–Kier alpha value is -4.02. The molecule has 2 amide bonds. The van der Waals surface area contributed by atoms with Crippen LogP contribution < -0.4 is 21.3 Å². The van der Waals surface area contributed by atoms with Gasteiger partial charge in [0.25, 0.3) is 0 Å². The van der Waals surface area contributed by atoms with Crippen molar-refractivity contribution in [2.45, 2.75) is 44.9 Å². The number of hydrogen-bond donors (Lipinski definition) is 3. The van der Waals surface area contributed by atoms with Crippen molar-refractivity contribution < 1.29 is 9.53 Å². The van der Waals surface area contributed by atoms with Crippen molar-refractivity contribution in [2.75, 3.05) is 28.7 Å². The first-order valence-corrected chi connectivity index (χ1v) is 12.7. The van der Waals surface area contributed by atoms with Gasteiger partial charge in [-0.3, -0.25) is 0 Å². The van der Waals surface area contributed by atoms with E-state index in [2.05, 4.69) is 27.6 Å². The Morgan fingerprint density at radius 1 is 1.00 bits per heavy atom. The van der Waals surface area contributed by atoms with Gasteiger partial charge in [0.15, 0.2) is 11.5 Å². The van der Waals surface area contributed by atoms with Crippen molar-refractivity contribution in [3.63, 3.8) is 0 Å². The number of anilines is 3. The SMILES string of the molecule is CCn1ncc2c(N3C4CCC3COC4)nc(-c3ccc(NC(=O)Nc4ccc(CN)cc4)cc3)nc21. The average Bonchev–Trinajstić information content (AvgIpc) is 3.45. The molecule has 0 radical (unpaired) electrons. The molecule has 6 rings (SSSR count). The molecule has 2 saturated heterocycles. The highest BCUT2D eigenvalue weighted by Crippen LogP contribution is 2.37. The Morgan fingerprint density at radius 3 is 2.27 bits per heavy atom. The molecule has 2 aliphatic rings. The summed E-state index contributed by atoms with van der Waals surface area (Å²) in [5.41, 5.74) is 9.71. The van der Waals surface area contributed by atoms with E-state index in [0.29, 0.717) is 35.8 Å². The van der Waals surface area contributed by atoms with Gasteiger partial charge in [-0.25, -0.2) is 19.4 Å². The molecule has 2 bridgehead atoms. The number of ether oxygens (including phenoxy) is 1. The Kier molecular flexibility index (Phi) is 6.19. The van der Waals surface area contributed by atoms with Gasteiger partial charge >= 0.3 is 6.03 Å². The maximum atomic E-state index is 12.5. The average molecular weight is 499 g/mol. The highest BCUT2D eigenvalue weighted by molar-refractivity contribution is 5.99. The minimum atomic E-state index is -0.317. The van der Waals surface area contributed by atoms with E-state index in [1.54, 1.807) is 0 Å². The minimum Gasteiger partial charge on any atom is -0.377 e. The third-order valence-electron chi connectivity index (χ3n) is 7.11. The first-order chi connectivity index (χ1) is 18.1. The number of urea groups is 1. The molecule has 0 aliphatic carbocycles. The van der Waals surface area contributed by atoms with E-state index in [0.717, 1.165) is 60.6 Å². The molecule has 2 aromatic heterocycles. The zero-order chi connectivity index (χ0) is 25.4. The van der Waals surface area contributed by atoms with Crippen molar-refractivity contribution in [3.8, 4) is 11.4 Å². The van der Waals surface area contributed by atoms with Crippen LogP contribution >= 0.6 is 0 Å². The number of fused-ring (bicyclic) bond motifs is 3. The molecule has 2 aromatic carbocycles. The van der Waals surface area contributed by atoms with Gasteiger partial charge in [0.1, 0.15) is 5.82 Å². The fourth-order valence-corrected chi connectivity index (χ4v) is 5.19. The lowest BCUT2D eigenvalue weighted by Crippen LogP contribution is -2.46. The van der Waals surface area contributed by atoms with Crippen LogP contribution in [0.2, 0.25) is 0 Å². The highest BCUT2D eigenvalue weighted by Gasteiger charge is 2.39. The number of aromatic nitrogens is 4. The maximum absolute atomic E-state index is 12.5. The van der Waals surface area contributed by atoms with Crippen molar-refractivity contribution in [1.29, 1.82) is 0 Å². The summed E-state index contributed by atoms with van der Waals surface area (Å²) in [6, 6.07) is 15.3. The monoisotopic (exact) mass is 498 g/mol. The summed E-state index contributed by atoms with van der Waals surface area (Å²) in [6.07, 6.45) is 4.09. The number of nitrogens with one attached hydrogen (secondary N) is 2. The summed E-state index contributed by atoms with van der Waals surface area (Å²) in [5, 5.41) is 11.2. The van der Waals surface area contributed by atoms with Crippen LogP contribution in [-0.2, 0) is 17.8 Å². The molecule has 2 fully saturated rings. The van der Waals surface area contributed by atoms with Gasteiger partial charge in [0.2, 0.25) is 0 Å². The highest BCUT2D eigenvalue weighted by atomic mass is 16.5. The lowest BCUT2D eigenvalue weighted by atomic mass is 10.1. The number of benzene rings is 2. The molecule has 4 aromatic rings. The smallest absolute Gasteiger partial charge is 0.323 e. The second kappa shape index (κ2) is 9.79. The van der Waals surface area contributed by atoms with Gasteiger partial charge in [-0.1, -0.05) is 12.1 Å². The van der Waals surface area contributed by atoms with E-state index in [4.69, 9.17) is 20.4 Å². The summed E-state index contributed by atoms with van der Waals surface area (Å²) in [5.74, 6) is 1.57. The van der Waals surface area contributed by atoms with Gasteiger partial charge in [0, 0.05) is 30.0 Å². The number of carbonyl (C=O) groups is 1. The summed E-state index contributed by atoms with van der Waals surface area (Å²) >= 11 is 0. The fourth-order valence-electron chi connectivity index (χ4n) is 5.19. The van der Waals surface area contributed by atoms with Crippen LogP contribution in [0.4, 0.5) is 22.0 Å². The van der Waals surface area contributed by atoms with Crippen molar-refractivity contribution in [3.05, 3.63) is 60.3 Å². The molecule has 190 valence electrons. The minimum absolute atomic E-state index is 0.317. The van der Waals surface area contributed by atoms with E-state index in [1.165, 1.54) is 0 Å². The number of aryl methyl sites for hydroxylation is 1. The molecule has 0 spiro atoms. The first-order valence-electron chi connectivity index (χ1n) is 12.7. The van der Waals surface area contributed by atoms with Gasteiger partial charge < -0.3 is 26.0 Å². The lowest BCUT2D eigenvalue weighted by Gasteiger charge is -2.36. The second-order valence-corrected chi connectivity index (χ2v) is 9.46. The zero-order valence-electron chi connectivity index (χ0n) is 20.7. The van der Waals surface area contributed by atoms with Crippen LogP contribution in [0.25, 0.3) is 22.4 Å². The number of hydrogen-bond acceptors (Lipinski definition) is 7. The third kappa shape index (κ3) is 4.49. The molecule has 2 atom stereocenters. The molecule has 37 heavy (non-hydrogen) atoms. The van der Waals surface area contributed by atoms with Crippen molar-refractivity contribution in [1.82, 2.24) is 19.7 Å². The molecule has 2 unspecified atom stereocenters. The summed E-state index contributed by atoms with van der Waals surface area (Å²) in [4.78, 5) is 24.8. The van der Waals surface area contributed by atoms with Crippen LogP contribution in [0.15, 0.2) is 54.7 Å². The van der Waals surface area contributed by atoms with E-state index in [1.807, 2.05) is 59.4 Å². The van der Waals surface area contributed by atoms with Crippen LogP contribution in [0.3, 0.4) is 0 Å². The third-order valence-corrected chi connectivity index (χ3v) is 7.11. The van der Waals surface area contributed by atoms with E-state index in [9.17, 15) is 4.79 Å². The molecule has 0 saturated carbocycles. The molecule has 4 N–H and O–H groups in total. The topological polar surface area (TPSA) is 123 Å². The summed E-state index contributed by atoms with van der Waals surface area (Å²) in [7, 11) is 0. The standard InChI is InChI=1S/C27H30N8O2/c1-2-34-25-23(14-29-34)26(35-21-11-12-22(35)16-37-15-21)33-24(32-25)18-5-9-20(10-6-18)31-27(36)30-19-7-3-17(13-28)4-8-19/h3-10,14,21-22H,2,11-13,15-16,28H2,1H3,(H2,30,31,36). The zero-order valence-corrected chi connectivity index (χ0v) is 20.7. The van der Waals surface area contributed by atoms with Crippen LogP contribution in [0.5, 0.6) is 0 Å². The summed E-state index contributed by atoms with van der Waals surface area (Å²) in [6.45, 7) is 4.69. The van der Waals surface area contributed by atoms with Crippen molar-refractivity contribution in [2.24, 2.45) is 5.73 Å². The predicted molar refractivity (Wildman–Crippen MR) is 144 cm³/mol. The normalized spacial score (nSPS) is 18.8. The van der Waals surface area contributed by atoms with Gasteiger partial charge in [0.05, 0.1) is 36.9 Å². The maximum Gasteiger partial charge on any atom is 0.323 e. The largest absolute Gasteiger partial charge is 0.377 e. The summed E-state index contributed by atoms with van der Waals surface area (Å²) < 4.78 is 7.71. The lowest BCUT2D eigenvalue weighted by molar-refractivity contribution is 0.0904. The Morgan fingerprint density at radius 2 is 1.65 bits per heavy atom. The van der Waals surface area contributed by atoms with Gasteiger partial charge in [-0.2, -0.15) is 5.10 Å². The quantitative estimate of drug-likeness (QED) is 0.367. The fraction of sp³-hybridized carbons (Fsp3) is 0.333. The van der Waals surface area contributed by atoms with E-state index < -0.39 is 0 Å². The molecular formula is C27H30N8O2. The predicted octanol–water partition coefficient (Wildman–Crippen LogP) is 3.98. The number of rotatable bonds is 6. The van der Waals surface area contributed by atoms with E-state index in [-0.39, 0.29) is 6.03 Å². The number of nitrogens with two attached hydrogens (primary N) is 1. The molecule has 10 nitrogen and oxygen atoms in total. The van der Waals surface area contributed by atoms with Gasteiger partial charge in [-0.05, 0) is 61.7 Å². The number of amides is 2. The van der Waals surface area contributed by atoms with Crippen molar-refractivity contribution >= 4 is 34.3 Å². The Balaban J connectivity index is 1.25. The number of morpholine rings is 1. The first kappa shape index (κ1) is 23.4. The molecule has 2 aliphatic heterocycles. The number of carbonyl (C=O) groups excluding carboxylic acids is 1. The van der Waals surface area contributed by atoms with Crippen LogP contribution in [0, 0.1) is 0 Å². The van der Waals surface area contributed by atoms with E-state index >= 15 is 0 Å². The molecule has 4 heterocycles. The van der Waals surface area contributed by atoms with Gasteiger partial charge in [-0.15, -0.1) is 0 Å². The second-order valence-electron chi connectivity index (χ2n) is 9.46. The number of nitrogens with zero attached hydrogens (tertiary/aromatic N) is 5. The van der Waals surface area contributed by atoms with Crippen LogP contribution in [0.1, 0.15) is 25.3 Å². The molecular weight excluding hydrogens is 468 g/mol. The molecule has 10 heteroatoms.